The van der Waals surface area contributed by atoms with Crippen LogP contribution in [0.25, 0.3) is 0 Å². The van der Waals surface area contributed by atoms with E-state index >= 15 is 0 Å². The summed E-state index contributed by atoms with van der Waals surface area (Å²) >= 11 is 3.31. The smallest absolute Gasteiger partial charge is 0.228 e. The van der Waals surface area contributed by atoms with Crippen molar-refractivity contribution in [2.75, 3.05) is 11.4 Å². The fraction of sp³-hybridized carbons (Fsp3) is 0.364. The van der Waals surface area contributed by atoms with Gasteiger partial charge >= 0.3 is 0 Å². The van der Waals surface area contributed by atoms with Gasteiger partial charge in [-0.1, -0.05) is 6.07 Å². The monoisotopic (exact) mass is 348 g/mol. The molecule has 1 heterocycles. The Labute approximate surface area is 119 Å². The zero-order valence-electron chi connectivity index (χ0n) is 9.91. The quantitative estimate of drug-likeness (QED) is 0.822. The normalized spacial score (nSPS) is 20.1. The predicted octanol–water partition coefficient (Wildman–Crippen LogP) is 0.335. The van der Waals surface area contributed by atoms with E-state index in [-0.39, 0.29) is 25.5 Å². The number of amides is 1. The van der Waals surface area contributed by atoms with E-state index in [4.69, 9.17) is 10.2 Å². The van der Waals surface area contributed by atoms with E-state index in [2.05, 4.69) is 15.9 Å². The third-order valence-electron chi connectivity index (χ3n) is 3.04. The first-order valence-corrected chi connectivity index (χ1v) is 7.94. The van der Waals surface area contributed by atoms with Gasteiger partial charge in [0.1, 0.15) is 5.25 Å². The number of hydrogen-bond acceptors (Lipinski definition) is 4. The first-order valence-electron chi connectivity index (χ1n) is 5.54. The van der Waals surface area contributed by atoms with Gasteiger partial charge < -0.3 is 10.0 Å². The predicted molar refractivity (Wildman–Crippen MR) is 73.9 cm³/mol. The molecule has 1 aliphatic heterocycles. The molecular formula is C11H13BrN2O4S. The first-order chi connectivity index (χ1) is 8.82. The second kappa shape index (κ2) is 5.20. The lowest BCUT2D eigenvalue weighted by Gasteiger charge is -2.18. The molecular weight excluding hydrogens is 336 g/mol. The number of nitrogens with zero attached hydrogens (tertiary/aromatic N) is 1. The van der Waals surface area contributed by atoms with Crippen LogP contribution < -0.4 is 10.0 Å². The second-order valence-electron chi connectivity index (χ2n) is 4.36. The molecule has 2 rings (SSSR count). The van der Waals surface area contributed by atoms with E-state index in [9.17, 15) is 13.2 Å². The fourth-order valence-corrected chi connectivity index (χ4v) is 3.18. The Morgan fingerprint density at radius 1 is 1.47 bits per heavy atom. The minimum atomic E-state index is -3.73. The van der Waals surface area contributed by atoms with Crippen LogP contribution in [0.4, 0.5) is 5.69 Å². The van der Waals surface area contributed by atoms with Crippen molar-refractivity contribution in [3.05, 3.63) is 28.2 Å². The summed E-state index contributed by atoms with van der Waals surface area (Å²) in [4.78, 5) is 13.3. The van der Waals surface area contributed by atoms with Crippen LogP contribution in [0.1, 0.15) is 12.0 Å². The van der Waals surface area contributed by atoms with Crippen molar-refractivity contribution < 1.29 is 18.3 Å². The lowest BCUT2D eigenvalue weighted by molar-refractivity contribution is -0.117. The van der Waals surface area contributed by atoms with Crippen molar-refractivity contribution in [2.45, 2.75) is 18.3 Å². The van der Waals surface area contributed by atoms with E-state index in [1.807, 2.05) is 0 Å². The van der Waals surface area contributed by atoms with E-state index in [0.29, 0.717) is 15.7 Å². The number of aliphatic hydroxyl groups is 1. The molecule has 0 aliphatic carbocycles. The Hall–Kier alpha value is -0.960. The molecule has 1 aromatic carbocycles. The average molecular weight is 349 g/mol. The molecule has 8 heteroatoms. The van der Waals surface area contributed by atoms with Crippen molar-refractivity contribution in [1.82, 2.24) is 0 Å². The van der Waals surface area contributed by atoms with Gasteiger partial charge in [0.05, 0.1) is 12.3 Å². The molecule has 19 heavy (non-hydrogen) atoms. The number of rotatable bonds is 3. The van der Waals surface area contributed by atoms with Gasteiger partial charge in [0, 0.05) is 17.4 Å². The molecule has 0 saturated carbocycles. The lowest BCUT2D eigenvalue weighted by Crippen LogP contribution is -2.32. The molecule has 1 atom stereocenters. The van der Waals surface area contributed by atoms with Crippen LogP contribution in [0.5, 0.6) is 0 Å². The maximum absolute atomic E-state index is 11.9. The summed E-state index contributed by atoms with van der Waals surface area (Å²) in [6, 6.07) is 5.07. The van der Waals surface area contributed by atoms with Crippen LogP contribution in [-0.4, -0.2) is 31.2 Å². The Bertz CT molecular complexity index is 617. The molecule has 6 nitrogen and oxygen atoms in total. The highest BCUT2D eigenvalue weighted by Gasteiger charge is 2.37. The van der Waals surface area contributed by atoms with Gasteiger partial charge in [-0.3, -0.25) is 4.79 Å². The van der Waals surface area contributed by atoms with E-state index in [1.54, 1.807) is 18.2 Å². The highest BCUT2D eigenvalue weighted by Crippen LogP contribution is 2.31. The highest BCUT2D eigenvalue weighted by molar-refractivity contribution is 9.10. The van der Waals surface area contributed by atoms with Crippen LogP contribution in [-0.2, 0) is 21.4 Å². The van der Waals surface area contributed by atoms with Crippen molar-refractivity contribution in [3.8, 4) is 0 Å². The fourth-order valence-electron chi connectivity index (χ4n) is 1.99. The Kier molecular flexibility index (Phi) is 3.95. The maximum Gasteiger partial charge on any atom is 0.228 e. The number of anilines is 1. The summed E-state index contributed by atoms with van der Waals surface area (Å²) in [5, 5.41) is 13.3. The van der Waals surface area contributed by atoms with Crippen molar-refractivity contribution >= 4 is 37.5 Å². The molecule has 1 amide bonds. The van der Waals surface area contributed by atoms with E-state index in [1.165, 1.54) is 4.90 Å². The SMILES string of the molecule is NS(=O)(=O)C1CC(=O)N(c2cc(CO)ccc2Br)C1. The zero-order chi connectivity index (χ0) is 14.2. The van der Waals surface area contributed by atoms with Gasteiger partial charge in [-0.05, 0) is 33.6 Å². The third kappa shape index (κ3) is 2.97. The molecule has 1 saturated heterocycles. The summed E-state index contributed by atoms with van der Waals surface area (Å²) in [5.41, 5.74) is 1.19. The summed E-state index contributed by atoms with van der Waals surface area (Å²) in [6.45, 7) is -0.119. The summed E-state index contributed by atoms with van der Waals surface area (Å²) in [6.07, 6.45) is -0.116. The molecule has 0 radical (unpaired) electrons. The van der Waals surface area contributed by atoms with Crippen molar-refractivity contribution in [1.29, 1.82) is 0 Å². The number of nitrogens with two attached hydrogens (primary N) is 1. The van der Waals surface area contributed by atoms with Crippen LogP contribution in [0.2, 0.25) is 0 Å². The Balaban J connectivity index is 2.35. The van der Waals surface area contributed by atoms with Crippen molar-refractivity contribution in [3.63, 3.8) is 0 Å². The summed E-state index contributed by atoms with van der Waals surface area (Å²) < 4.78 is 23.3. The van der Waals surface area contributed by atoms with Gasteiger partial charge in [0.2, 0.25) is 15.9 Å². The minimum Gasteiger partial charge on any atom is -0.392 e. The number of hydrogen-bond donors (Lipinski definition) is 2. The van der Waals surface area contributed by atoms with E-state index < -0.39 is 15.3 Å². The molecule has 0 aromatic heterocycles. The van der Waals surface area contributed by atoms with Crippen LogP contribution in [0.15, 0.2) is 22.7 Å². The Morgan fingerprint density at radius 3 is 2.68 bits per heavy atom. The molecule has 1 aromatic rings. The zero-order valence-corrected chi connectivity index (χ0v) is 12.3. The van der Waals surface area contributed by atoms with Crippen LogP contribution in [0.3, 0.4) is 0 Å². The van der Waals surface area contributed by atoms with Gasteiger partial charge in [0.25, 0.3) is 0 Å². The lowest BCUT2D eigenvalue weighted by atomic mass is 10.2. The van der Waals surface area contributed by atoms with Crippen LogP contribution in [0, 0.1) is 0 Å². The molecule has 1 aliphatic rings. The van der Waals surface area contributed by atoms with Gasteiger partial charge in [-0.15, -0.1) is 0 Å². The number of carbonyl (C=O) groups is 1. The van der Waals surface area contributed by atoms with Crippen LogP contribution >= 0.6 is 15.9 Å². The largest absolute Gasteiger partial charge is 0.392 e. The standard InChI is InChI=1S/C11H13BrN2O4S/c12-9-2-1-7(6-15)3-10(9)14-5-8(4-11(14)16)19(13,17)18/h1-3,8,15H,4-6H2,(H2,13,17,18). The van der Waals surface area contributed by atoms with E-state index in [0.717, 1.165) is 0 Å². The molecule has 0 spiro atoms. The van der Waals surface area contributed by atoms with Gasteiger partial charge in [-0.25, -0.2) is 13.6 Å². The van der Waals surface area contributed by atoms with Gasteiger partial charge in [-0.2, -0.15) is 0 Å². The Morgan fingerprint density at radius 2 is 2.16 bits per heavy atom. The number of halogens is 1. The molecule has 1 unspecified atom stereocenters. The number of primary sulfonamides is 1. The number of sulfonamides is 1. The minimum absolute atomic E-state index is 0.0329. The van der Waals surface area contributed by atoms with Gasteiger partial charge in [0.15, 0.2) is 0 Å². The molecule has 0 bridgehead atoms. The maximum atomic E-state index is 11.9. The molecule has 104 valence electrons. The summed E-state index contributed by atoms with van der Waals surface area (Å²) in [5.74, 6) is -0.296. The summed E-state index contributed by atoms with van der Waals surface area (Å²) in [7, 11) is -3.73. The average Bonchev–Trinajstić information content (AvgIpc) is 2.72. The molecule has 1 fully saturated rings. The topological polar surface area (TPSA) is 101 Å². The second-order valence-corrected chi connectivity index (χ2v) is 7.06. The number of benzene rings is 1. The first kappa shape index (κ1) is 14.4. The number of carbonyl (C=O) groups excluding carboxylic acids is 1. The molecule has 3 N–H and O–H groups in total. The third-order valence-corrected chi connectivity index (χ3v) is 4.95. The van der Waals surface area contributed by atoms with Crippen molar-refractivity contribution in [2.24, 2.45) is 5.14 Å². The highest BCUT2D eigenvalue weighted by atomic mass is 79.9. The number of aliphatic hydroxyl groups excluding tert-OH is 1.